The number of amides is 1. The molecule has 204 valence electrons. The number of pyridine rings is 1. The predicted molar refractivity (Wildman–Crippen MR) is 142 cm³/mol. The molecule has 0 saturated carbocycles. The van der Waals surface area contributed by atoms with Gasteiger partial charge in [-0.2, -0.15) is 5.10 Å². The van der Waals surface area contributed by atoms with Crippen molar-refractivity contribution in [1.29, 1.82) is 0 Å². The van der Waals surface area contributed by atoms with Gasteiger partial charge in [-0.25, -0.2) is 9.18 Å². The number of H-pyrrole nitrogens is 1. The quantitative estimate of drug-likeness (QED) is 0.418. The first-order chi connectivity index (χ1) is 17.5. The minimum atomic E-state index is -2.20. The number of ether oxygens (including phenoxy) is 1. The number of nitrogens with one attached hydrogen (secondary N) is 1. The molecule has 4 rings (SSSR count). The van der Waals surface area contributed by atoms with Gasteiger partial charge in [0, 0.05) is 23.5 Å². The fourth-order valence-corrected chi connectivity index (χ4v) is 4.60. The van der Waals surface area contributed by atoms with Gasteiger partial charge >= 0.3 is 6.09 Å². The number of aliphatic hydroxyl groups is 2. The smallest absolute Gasteiger partial charge is 0.410 e. The Morgan fingerprint density at radius 1 is 1.05 bits per heavy atom. The van der Waals surface area contributed by atoms with E-state index in [1.807, 2.05) is 12.1 Å². The molecule has 1 aliphatic rings. The topological polar surface area (TPSA) is 112 Å². The minimum Gasteiger partial charge on any atom is -0.444 e. The van der Waals surface area contributed by atoms with Crippen molar-refractivity contribution < 1.29 is 24.1 Å². The highest BCUT2D eigenvalue weighted by Crippen LogP contribution is 2.48. The molecule has 1 atom stereocenters. The van der Waals surface area contributed by atoms with Gasteiger partial charge in [0.2, 0.25) is 0 Å². The number of halogens is 1. The summed E-state index contributed by atoms with van der Waals surface area (Å²) in [7, 11) is 0. The van der Waals surface area contributed by atoms with Crippen LogP contribution >= 0.6 is 0 Å². The molecule has 2 aromatic heterocycles. The molecule has 38 heavy (non-hydrogen) atoms. The number of hydrogen-bond donors (Lipinski definition) is 3. The summed E-state index contributed by atoms with van der Waals surface area (Å²) in [5.74, 6) is 0.262. The molecule has 3 heterocycles. The Balaban J connectivity index is 1.75. The van der Waals surface area contributed by atoms with Gasteiger partial charge in [-0.05, 0) is 63.8 Å². The van der Waals surface area contributed by atoms with Gasteiger partial charge in [-0.1, -0.05) is 38.1 Å². The summed E-state index contributed by atoms with van der Waals surface area (Å²) in [5, 5.41) is 29.6. The fraction of sp³-hybridized carbons (Fsp3) is 0.483. The molecule has 9 heteroatoms. The van der Waals surface area contributed by atoms with Gasteiger partial charge in [0.15, 0.2) is 11.3 Å². The van der Waals surface area contributed by atoms with E-state index in [0.717, 1.165) is 5.56 Å². The molecule has 8 nitrogen and oxygen atoms in total. The number of carbonyl (C=O) groups is 1. The monoisotopic (exact) mass is 524 g/mol. The van der Waals surface area contributed by atoms with Crippen LogP contribution in [0.3, 0.4) is 0 Å². The predicted octanol–water partition coefficient (Wildman–Crippen LogP) is 5.02. The average molecular weight is 525 g/mol. The molecule has 0 bridgehead atoms. The van der Waals surface area contributed by atoms with Crippen LogP contribution in [0.5, 0.6) is 0 Å². The average Bonchev–Trinajstić information content (AvgIpc) is 3.31. The molecular formula is C29H37FN4O4. The number of nitrogens with zero attached hydrogens (tertiary/aromatic N) is 3. The lowest BCUT2D eigenvalue weighted by molar-refractivity contribution is -0.155. The number of carbonyl (C=O) groups excluding carboxylic acids is 1. The third-order valence-electron chi connectivity index (χ3n) is 6.87. The van der Waals surface area contributed by atoms with Crippen molar-refractivity contribution in [3.8, 4) is 11.3 Å². The lowest BCUT2D eigenvalue weighted by Gasteiger charge is -2.52. The molecule has 1 aliphatic heterocycles. The highest BCUT2D eigenvalue weighted by atomic mass is 19.1. The van der Waals surface area contributed by atoms with Crippen molar-refractivity contribution in [2.45, 2.75) is 76.9 Å². The maximum absolute atomic E-state index is 16.7. The number of alkyl halides is 1. The summed E-state index contributed by atoms with van der Waals surface area (Å²) in [5.41, 5.74) is -3.00. The Labute approximate surface area is 222 Å². The maximum atomic E-state index is 16.7. The van der Waals surface area contributed by atoms with E-state index in [0.29, 0.717) is 22.5 Å². The Morgan fingerprint density at radius 2 is 1.68 bits per heavy atom. The molecule has 1 amide bonds. The number of rotatable bonds is 6. The summed E-state index contributed by atoms with van der Waals surface area (Å²) < 4.78 is 22.1. The van der Waals surface area contributed by atoms with Crippen LogP contribution in [0.2, 0.25) is 0 Å². The van der Waals surface area contributed by atoms with Crippen molar-refractivity contribution >= 4 is 6.09 Å². The van der Waals surface area contributed by atoms with Gasteiger partial charge in [0.25, 0.3) is 0 Å². The molecule has 0 spiro atoms. The Hall–Kier alpha value is -3.30. The number of likely N-dealkylation sites (tertiary alicyclic amines) is 1. The van der Waals surface area contributed by atoms with Crippen LogP contribution in [0.1, 0.15) is 76.8 Å². The van der Waals surface area contributed by atoms with Crippen LogP contribution in [0.4, 0.5) is 9.18 Å². The van der Waals surface area contributed by atoms with Crippen LogP contribution in [-0.2, 0) is 15.9 Å². The van der Waals surface area contributed by atoms with Gasteiger partial charge in [-0.3, -0.25) is 10.1 Å². The SMILES string of the molecule is CC(C)c1ccc([C@](O)(c2cncc(-c3cc(C(C)(C)O)[nH]n3)c2)C2(F)CN(C(=O)OC(C)(C)C)C2)cc1. The zero-order chi connectivity index (χ0) is 28.1. The zero-order valence-corrected chi connectivity index (χ0v) is 23.0. The molecule has 0 radical (unpaired) electrons. The van der Waals surface area contributed by atoms with Gasteiger partial charge in [0.05, 0.1) is 24.5 Å². The summed E-state index contributed by atoms with van der Waals surface area (Å²) in [6, 6.07) is 10.5. The largest absolute Gasteiger partial charge is 0.444 e. The molecule has 0 unspecified atom stereocenters. The Morgan fingerprint density at radius 3 is 2.21 bits per heavy atom. The van der Waals surface area contributed by atoms with Crippen molar-refractivity contribution in [2.75, 3.05) is 13.1 Å². The van der Waals surface area contributed by atoms with Crippen LogP contribution in [0.15, 0.2) is 48.8 Å². The third-order valence-corrected chi connectivity index (χ3v) is 6.87. The molecule has 0 aliphatic carbocycles. The first-order valence-corrected chi connectivity index (χ1v) is 12.8. The summed E-state index contributed by atoms with van der Waals surface area (Å²) in [6.45, 7) is 11.9. The third kappa shape index (κ3) is 5.17. The summed E-state index contributed by atoms with van der Waals surface area (Å²) >= 11 is 0. The second-order valence-corrected chi connectivity index (χ2v) is 12.0. The van der Waals surface area contributed by atoms with E-state index in [-0.39, 0.29) is 24.6 Å². The van der Waals surface area contributed by atoms with Crippen molar-refractivity contribution in [1.82, 2.24) is 20.1 Å². The number of aromatic nitrogens is 3. The van der Waals surface area contributed by atoms with Crippen LogP contribution in [-0.4, -0.2) is 60.7 Å². The lowest BCUT2D eigenvalue weighted by atomic mass is 9.70. The van der Waals surface area contributed by atoms with E-state index in [4.69, 9.17) is 4.74 Å². The number of hydrogen-bond acceptors (Lipinski definition) is 6. The van der Waals surface area contributed by atoms with Crippen molar-refractivity contribution in [3.63, 3.8) is 0 Å². The van der Waals surface area contributed by atoms with Crippen molar-refractivity contribution in [2.24, 2.45) is 0 Å². The van der Waals surface area contributed by atoms with E-state index in [1.165, 1.54) is 11.1 Å². The summed E-state index contributed by atoms with van der Waals surface area (Å²) in [6.07, 6.45) is 2.36. The first kappa shape index (κ1) is 27.7. The molecule has 1 saturated heterocycles. The van der Waals surface area contributed by atoms with Gasteiger partial charge in [-0.15, -0.1) is 0 Å². The molecule has 1 fully saturated rings. The van der Waals surface area contributed by atoms with Gasteiger partial charge < -0.3 is 19.8 Å². The van der Waals surface area contributed by atoms with E-state index in [2.05, 4.69) is 29.0 Å². The maximum Gasteiger partial charge on any atom is 0.410 e. The number of benzene rings is 1. The Kier molecular flexibility index (Phi) is 6.91. The molecular weight excluding hydrogens is 487 g/mol. The standard InChI is InChI=1S/C29H37FN4O4/c1-18(2)19-8-10-21(11-9-19)29(37,28(30)16-34(17-28)25(35)38-26(3,4)5)22-12-20(14-31-15-22)23-13-24(33-32-23)27(6,7)36/h8-15,18,36-37H,16-17H2,1-7H3,(H,32,33)/t29-/m0/s1. The van der Waals surface area contributed by atoms with E-state index >= 15 is 4.39 Å². The van der Waals surface area contributed by atoms with Gasteiger partial charge in [0.1, 0.15) is 11.2 Å². The first-order valence-electron chi connectivity index (χ1n) is 12.8. The van der Waals surface area contributed by atoms with Crippen LogP contribution in [0, 0.1) is 0 Å². The second kappa shape index (κ2) is 9.47. The van der Waals surface area contributed by atoms with Crippen LogP contribution in [0.25, 0.3) is 11.3 Å². The summed E-state index contributed by atoms with van der Waals surface area (Å²) in [4.78, 5) is 18.1. The van der Waals surface area contributed by atoms with Crippen LogP contribution < -0.4 is 0 Å². The van der Waals surface area contributed by atoms with E-state index in [9.17, 15) is 15.0 Å². The second-order valence-electron chi connectivity index (χ2n) is 12.0. The lowest BCUT2D eigenvalue weighted by Crippen LogP contribution is -2.70. The normalized spacial score (nSPS) is 17.2. The fourth-order valence-electron chi connectivity index (χ4n) is 4.60. The molecule has 3 aromatic rings. The van der Waals surface area contributed by atoms with E-state index < -0.39 is 28.6 Å². The Bertz CT molecular complexity index is 1300. The highest BCUT2D eigenvalue weighted by molar-refractivity contribution is 5.70. The minimum absolute atomic E-state index is 0.228. The number of aromatic amines is 1. The van der Waals surface area contributed by atoms with Crippen molar-refractivity contribution in [3.05, 3.63) is 71.2 Å². The van der Waals surface area contributed by atoms with E-state index in [1.54, 1.807) is 65.1 Å². The molecule has 3 N–H and O–H groups in total. The highest BCUT2D eigenvalue weighted by Gasteiger charge is 2.62. The molecule has 1 aromatic carbocycles. The zero-order valence-electron chi connectivity index (χ0n) is 23.0.